The van der Waals surface area contributed by atoms with Crippen molar-refractivity contribution in [3.8, 4) is 17.1 Å². The van der Waals surface area contributed by atoms with Crippen LogP contribution in [0.1, 0.15) is 5.82 Å². The minimum absolute atomic E-state index is 0.188. The highest BCUT2D eigenvalue weighted by atomic mass is 19.1. The maximum Gasteiger partial charge on any atom is 0.210 e. The maximum absolute atomic E-state index is 12.8. The molecule has 21 heavy (non-hydrogen) atoms. The Morgan fingerprint density at radius 3 is 2.14 bits per heavy atom. The fraction of sp³-hybridized carbons (Fsp3) is 0.0667. The first-order valence-electron chi connectivity index (χ1n) is 6.31. The van der Waals surface area contributed by atoms with Crippen molar-refractivity contribution in [3.05, 3.63) is 66.2 Å². The van der Waals surface area contributed by atoms with Gasteiger partial charge in [-0.25, -0.2) is 4.39 Å². The average molecular weight is 282 g/mol. The molecule has 0 N–H and O–H groups in total. The summed E-state index contributed by atoms with van der Waals surface area (Å²) in [5, 5.41) is 15.8. The van der Waals surface area contributed by atoms with Gasteiger partial charge in [0.1, 0.15) is 11.6 Å². The first-order valence-corrected chi connectivity index (χ1v) is 6.31. The van der Waals surface area contributed by atoms with Crippen molar-refractivity contribution in [3.63, 3.8) is 0 Å². The molecule has 0 saturated carbocycles. The molecule has 0 saturated heterocycles. The number of ether oxygens (including phenoxy) is 1. The minimum Gasteiger partial charge on any atom is -0.485 e. The molecule has 1 aromatic heterocycles. The lowest BCUT2D eigenvalue weighted by Crippen LogP contribution is -2.06. The Balaban J connectivity index is 1.68. The second-order valence-corrected chi connectivity index (χ2v) is 4.25. The van der Waals surface area contributed by atoms with Gasteiger partial charge in [0.25, 0.3) is 0 Å². The summed E-state index contributed by atoms with van der Waals surface area (Å²) in [6.07, 6.45) is 0. The average Bonchev–Trinajstić information content (AvgIpc) is 2.55. The normalized spacial score (nSPS) is 10.3. The van der Waals surface area contributed by atoms with E-state index in [-0.39, 0.29) is 12.4 Å². The molecular formula is C15H11FN4O. The summed E-state index contributed by atoms with van der Waals surface area (Å²) in [4.78, 5) is 0. The van der Waals surface area contributed by atoms with E-state index in [4.69, 9.17) is 4.74 Å². The third-order valence-corrected chi connectivity index (χ3v) is 2.73. The molecule has 0 aliphatic heterocycles. The molecule has 0 aliphatic rings. The Morgan fingerprint density at radius 2 is 1.48 bits per heavy atom. The Morgan fingerprint density at radius 1 is 0.810 bits per heavy atom. The topological polar surface area (TPSA) is 60.8 Å². The number of rotatable bonds is 4. The fourth-order valence-corrected chi connectivity index (χ4v) is 1.69. The molecule has 3 rings (SSSR count). The predicted molar refractivity (Wildman–Crippen MR) is 73.8 cm³/mol. The summed E-state index contributed by atoms with van der Waals surface area (Å²) in [5.41, 5.74) is 0.659. The van der Waals surface area contributed by atoms with Crippen LogP contribution in [0, 0.1) is 5.82 Å². The Bertz CT molecular complexity index is 702. The zero-order valence-electron chi connectivity index (χ0n) is 11.0. The second-order valence-electron chi connectivity index (χ2n) is 4.25. The molecule has 0 unspecified atom stereocenters. The van der Waals surface area contributed by atoms with E-state index < -0.39 is 0 Å². The number of halogens is 1. The van der Waals surface area contributed by atoms with Gasteiger partial charge in [-0.3, -0.25) is 0 Å². The van der Waals surface area contributed by atoms with Gasteiger partial charge in [-0.15, -0.1) is 20.4 Å². The third kappa shape index (κ3) is 3.36. The van der Waals surface area contributed by atoms with Crippen LogP contribution >= 0.6 is 0 Å². The van der Waals surface area contributed by atoms with Crippen LogP contribution in [0.5, 0.6) is 5.75 Å². The predicted octanol–water partition coefficient (Wildman–Crippen LogP) is 2.65. The molecule has 3 aromatic rings. The van der Waals surface area contributed by atoms with Crippen molar-refractivity contribution in [2.24, 2.45) is 0 Å². The standard InChI is InChI=1S/C15H11FN4O/c16-12-8-6-11(7-9-12)15-19-17-14(18-20-15)10-21-13-4-2-1-3-5-13/h1-9H,10H2. The maximum atomic E-state index is 12.8. The van der Waals surface area contributed by atoms with E-state index in [1.165, 1.54) is 12.1 Å². The van der Waals surface area contributed by atoms with Crippen LogP contribution in [0.25, 0.3) is 11.4 Å². The number of aromatic nitrogens is 4. The van der Waals surface area contributed by atoms with E-state index in [2.05, 4.69) is 20.4 Å². The molecule has 0 fully saturated rings. The summed E-state index contributed by atoms with van der Waals surface area (Å²) in [6.45, 7) is 0.188. The van der Waals surface area contributed by atoms with Gasteiger partial charge < -0.3 is 4.74 Å². The lowest BCUT2D eigenvalue weighted by molar-refractivity contribution is 0.292. The van der Waals surface area contributed by atoms with Gasteiger partial charge in [0.05, 0.1) is 0 Å². The van der Waals surface area contributed by atoms with Crippen molar-refractivity contribution in [1.29, 1.82) is 0 Å². The van der Waals surface area contributed by atoms with E-state index in [0.29, 0.717) is 17.2 Å². The molecule has 0 aliphatic carbocycles. The summed E-state index contributed by atoms with van der Waals surface area (Å²) in [5.74, 6) is 1.14. The highest BCUT2D eigenvalue weighted by Crippen LogP contribution is 2.13. The molecule has 2 aromatic carbocycles. The largest absolute Gasteiger partial charge is 0.485 e. The molecule has 6 heteroatoms. The van der Waals surface area contributed by atoms with Crippen LogP contribution in [0.2, 0.25) is 0 Å². The van der Waals surface area contributed by atoms with Crippen molar-refractivity contribution in [2.45, 2.75) is 6.61 Å². The van der Waals surface area contributed by atoms with Gasteiger partial charge in [-0.05, 0) is 36.4 Å². The Hall–Kier alpha value is -2.89. The molecule has 5 nitrogen and oxygen atoms in total. The van der Waals surface area contributed by atoms with Crippen LogP contribution in [-0.4, -0.2) is 20.4 Å². The van der Waals surface area contributed by atoms with Crippen molar-refractivity contribution >= 4 is 0 Å². The van der Waals surface area contributed by atoms with E-state index in [0.717, 1.165) is 5.75 Å². The number of hydrogen-bond acceptors (Lipinski definition) is 5. The molecule has 1 heterocycles. The number of hydrogen-bond donors (Lipinski definition) is 0. The quantitative estimate of drug-likeness (QED) is 0.736. The summed E-state index contributed by atoms with van der Waals surface area (Å²) in [7, 11) is 0. The third-order valence-electron chi connectivity index (χ3n) is 2.73. The smallest absolute Gasteiger partial charge is 0.210 e. The van der Waals surface area contributed by atoms with Gasteiger partial charge in [0.15, 0.2) is 6.61 Å². The number of para-hydroxylation sites is 1. The van der Waals surface area contributed by atoms with Gasteiger partial charge >= 0.3 is 0 Å². The van der Waals surface area contributed by atoms with E-state index in [1.54, 1.807) is 12.1 Å². The number of benzene rings is 2. The van der Waals surface area contributed by atoms with Gasteiger partial charge in [0.2, 0.25) is 11.6 Å². The first kappa shape index (κ1) is 13.1. The van der Waals surface area contributed by atoms with Crippen molar-refractivity contribution < 1.29 is 9.13 Å². The van der Waals surface area contributed by atoms with Gasteiger partial charge in [-0.1, -0.05) is 18.2 Å². The zero-order chi connectivity index (χ0) is 14.5. The van der Waals surface area contributed by atoms with Gasteiger partial charge in [-0.2, -0.15) is 0 Å². The van der Waals surface area contributed by atoms with Crippen LogP contribution in [-0.2, 0) is 6.61 Å². The lowest BCUT2D eigenvalue weighted by Gasteiger charge is -2.04. The van der Waals surface area contributed by atoms with E-state index in [9.17, 15) is 4.39 Å². The SMILES string of the molecule is Fc1ccc(-c2nnc(COc3ccccc3)nn2)cc1. The molecule has 104 valence electrons. The zero-order valence-corrected chi connectivity index (χ0v) is 11.0. The van der Waals surface area contributed by atoms with Crippen molar-refractivity contribution in [2.75, 3.05) is 0 Å². The van der Waals surface area contributed by atoms with Crippen LogP contribution in [0.3, 0.4) is 0 Å². The lowest BCUT2D eigenvalue weighted by atomic mass is 10.2. The Labute approximate surface area is 120 Å². The molecule has 0 spiro atoms. The van der Waals surface area contributed by atoms with Crippen LogP contribution in [0.4, 0.5) is 4.39 Å². The summed E-state index contributed by atoms with van der Waals surface area (Å²) < 4.78 is 18.3. The van der Waals surface area contributed by atoms with Crippen molar-refractivity contribution in [1.82, 2.24) is 20.4 Å². The van der Waals surface area contributed by atoms with E-state index in [1.807, 2.05) is 30.3 Å². The Kier molecular flexibility index (Phi) is 3.77. The van der Waals surface area contributed by atoms with Crippen LogP contribution in [0.15, 0.2) is 54.6 Å². The fourth-order valence-electron chi connectivity index (χ4n) is 1.69. The highest BCUT2D eigenvalue weighted by molar-refractivity contribution is 5.53. The van der Waals surface area contributed by atoms with Crippen LogP contribution < -0.4 is 4.74 Å². The summed E-state index contributed by atoms with van der Waals surface area (Å²) in [6, 6.07) is 15.2. The monoisotopic (exact) mass is 282 g/mol. The minimum atomic E-state index is -0.312. The highest BCUT2D eigenvalue weighted by Gasteiger charge is 2.05. The van der Waals surface area contributed by atoms with Gasteiger partial charge in [0, 0.05) is 5.56 Å². The molecule has 0 atom stereocenters. The summed E-state index contributed by atoms with van der Waals surface area (Å²) >= 11 is 0. The molecule has 0 amide bonds. The molecule has 0 radical (unpaired) electrons. The molecule has 0 bridgehead atoms. The first-order chi connectivity index (χ1) is 10.3. The van der Waals surface area contributed by atoms with E-state index >= 15 is 0 Å². The molecular weight excluding hydrogens is 271 g/mol. The second kappa shape index (κ2) is 6.04. The number of nitrogens with zero attached hydrogens (tertiary/aromatic N) is 4.